The summed E-state index contributed by atoms with van der Waals surface area (Å²) in [6.45, 7) is 2.21. The minimum Gasteiger partial charge on any atom is -0.459 e. The summed E-state index contributed by atoms with van der Waals surface area (Å²) in [6.07, 6.45) is 22.5. The summed E-state index contributed by atoms with van der Waals surface area (Å²) in [4.78, 5) is 11.2. The van der Waals surface area contributed by atoms with Gasteiger partial charge in [0, 0.05) is 18.9 Å². The number of unbranched alkanes of at least 4 members (excludes halogenated alkanes) is 9. The van der Waals surface area contributed by atoms with Crippen molar-refractivity contribution in [3.05, 3.63) is 24.3 Å². The van der Waals surface area contributed by atoms with Crippen molar-refractivity contribution in [1.82, 2.24) is 0 Å². The predicted octanol–water partition coefficient (Wildman–Crippen LogP) is 5.62. The number of ether oxygens (including phenoxy) is 1. The molecule has 0 saturated heterocycles. The first-order chi connectivity index (χ1) is 13.6. The SMILES string of the molecule is CCCCCC[C@@H](O)CCCCCCCC/C=C/[C@H](O)C[C@H]1CC=CC(=O)O1. The van der Waals surface area contributed by atoms with E-state index < -0.39 is 6.10 Å². The smallest absolute Gasteiger partial charge is 0.330 e. The van der Waals surface area contributed by atoms with Crippen molar-refractivity contribution in [2.24, 2.45) is 0 Å². The average molecular weight is 395 g/mol. The maximum Gasteiger partial charge on any atom is 0.330 e. The molecule has 0 radical (unpaired) electrons. The van der Waals surface area contributed by atoms with E-state index in [0.29, 0.717) is 12.8 Å². The maximum atomic E-state index is 11.2. The molecule has 0 spiro atoms. The maximum absolute atomic E-state index is 11.2. The molecule has 0 amide bonds. The van der Waals surface area contributed by atoms with Gasteiger partial charge in [-0.2, -0.15) is 0 Å². The molecule has 1 rings (SSSR count). The third kappa shape index (κ3) is 14.0. The second-order valence-electron chi connectivity index (χ2n) is 8.13. The lowest BCUT2D eigenvalue weighted by Gasteiger charge is -2.20. The summed E-state index contributed by atoms with van der Waals surface area (Å²) in [5.74, 6) is -0.311. The molecule has 1 aliphatic rings. The molecule has 0 aromatic carbocycles. The van der Waals surface area contributed by atoms with Crippen molar-refractivity contribution < 1.29 is 19.7 Å². The van der Waals surface area contributed by atoms with Crippen LogP contribution in [0.3, 0.4) is 0 Å². The number of hydrogen-bond donors (Lipinski definition) is 2. The zero-order chi connectivity index (χ0) is 20.5. The van der Waals surface area contributed by atoms with Gasteiger partial charge in [0.05, 0.1) is 12.2 Å². The Morgan fingerprint density at radius 2 is 1.68 bits per heavy atom. The summed E-state index contributed by atoms with van der Waals surface area (Å²) < 4.78 is 5.16. The van der Waals surface area contributed by atoms with Gasteiger partial charge < -0.3 is 14.9 Å². The second-order valence-corrected chi connectivity index (χ2v) is 8.13. The molecule has 0 fully saturated rings. The Morgan fingerprint density at radius 1 is 1.04 bits per heavy atom. The number of carbonyl (C=O) groups excluding carboxylic acids is 1. The summed E-state index contributed by atoms with van der Waals surface area (Å²) in [6, 6.07) is 0. The van der Waals surface area contributed by atoms with Crippen LogP contribution in [0.25, 0.3) is 0 Å². The van der Waals surface area contributed by atoms with Gasteiger partial charge >= 0.3 is 5.97 Å². The van der Waals surface area contributed by atoms with Crippen LogP contribution in [0.5, 0.6) is 0 Å². The van der Waals surface area contributed by atoms with Gasteiger partial charge in [-0.3, -0.25) is 0 Å². The van der Waals surface area contributed by atoms with Gasteiger partial charge in [0.2, 0.25) is 0 Å². The quantitative estimate of drug-likeness (QED) is 0.191. The largest absolute Gasteiger partial charge is 0.459 e. The third-order valence-electron chi connectivity index (χ3n) is 5.35. The van der Waals surface area contributed by atoms with Gasteiger partial charge in [0.25, 0.3) is 0 Å². The highest BCUT2D eigenvalue weighted by Crippen LogP contribution is 2.15. The lowest BCUT2D eigenvalue weighted by molar-refractivity contribution is -0.145. The number of carbonyl (C=O) groups is 1. The summed E-state index contributed by atoms with van der Waals surface area (Å²) >= 11 is 0. The summed E-state index contributed by atoms with van der Waals surface area (Å²) in [5.41, 5.74) is 0. The van der Waals surface area contributed by atoms with Gasteiger partial charge in [-0.15, -0.1) is 0 Å². The van der Waals surface area contributed by atoms with Crippen LogP contribution in [-0.2, 0) is 9.53 Å². The Bertz CT molecular complexity index is 444. The fourth-order valence-electron chi connectivity index (χ4n) is 3.61. The van der Waals surface area contributed by atoms with Gasteiger partial charge in [-0.25, -0.2) is 4.79 Å². The van der Waals surface area contributed by atoms with Crippen LogP contribution in [0, 0.1) is 0 Å². The van der Waals surface area contributed by atoms with Crippen LogP contribution < -0.4 is 0 Å². The monoisotopic (exact) mass is 394 g/mol. The molecule has 0 aliphatic carbocycles. The average Bonchev–Trinajstić information content (AvgIpc) is 2.66. The highest BCUT2D eigenvalue weighted by molar-refractivity contribution is 5.82. The Morgan fingerprint density at radius 3 is 2.36 bits per heavy atom. The van der Waals surface area contributed by atoms with E-state index in [1.54, 1.807) is 6.08 Å². The highest BCUT2D eigenvalue weighted by atomic mass is 16.5. The van der Waals surface area contributed by atoms with E-state index in [1.165, 1.54) is 57.4 Å². The van der Waals surface area contributed by atoms with Crippen LogP contribution in [0.4, 0.5) is 0 Å². The number of esters is 1. The number of aliphatic hydroxyl groups is 2. The third-order valence-corrected chi connectivity index (χ3v) is 5.35. The number of aliphatic hydroxyl groups excluding tert-OH is 2. The zero-order valence-corrected chi connectivity index (χ0v) is 17.9. The summed E-state index contributed by atoms with van der Waals surface area (Å²) in [7, 11) is 0. The molecule has 0 unspecified atom stereocenters. The lowest BCUT2D eigenvalue weighted by Crippen LogP contribution is -2.24. The van der Waals surface area contributed by atoms with Gasteiger partial charge in [-0.05, 0) is 25.7 Å². The number of allylic oxidation sites excluding steroid dienone is 1. The topological polar surface area (TPSA) is 66.8 Å². The molecule has 162 valence electrons. The summed E-state index contributed by atoms with van der Waals surface area (Å²) in [5, 5.41) is 19.9. The fourth-order valence-corrected chi connectivity index (χ4v) is 3.61. The molecule has 28 heavy (non-hydrogen) atoms. The molecule has 3 atom stereocenters. The first-order valence-electron chi connectivity index (χ1n) is 11.5. The van der Waals surface area contributed by atoms with Crippen molar-refractivity contribution in [1.29, 1.82) is 0 Å². The fraction of sp³-hybridized carbons (Fsp3) is 0.792. The minimum atomic E-state index is -0.544. The van der Waals surface area contributed by atoms with E-state index in [1.807, 2.05) is 12.2 Å². The molecule has 4 nitrogen and oxygen atoms in total. The van der Waals surface area contributed by atoms with E-state index in [9.17, 15) is 15.0 Å². The molecular weight excluding hydrogens is 352 g/mol. The van der Waals surface area contributed by atoms with E-state index in [4.69, 9.17) is 4.74 Å². The molecule has 0 saturated carbocycles. The number of rotatable bonds is 17. The Labute approximate surface area is 172 Å². The van der Waals surface area contributed by atoms with Crippen molar-refractivity contribution in [3.8, 4) is 0 Å². The van der Waals surface area contributed by atoms with Gasteiger partial charge in [0.15, 0.2) is 0 Å². The molecule has 0 aromatic rings. The van der Waals surface area contributed by atoms with E-state index in [2.05, 4.69) is 6.92 Å². The molecule has 4 heteroatoms. The second kappa shape index (κ2) is 16.8. The Hall–Kier alpha value is -1.13. The first-order valence-corrected chi connectivity index (χ1v) is 11.5. The van der Waals surface area contributed by atoms with Crippen molar-refractivity contribution in [2.75, 3.05) is 0 Å². The molecule has 0 aromatic heterocycles. The predicted molar refractivity (Wildman–Crippen MR) is 115 cm³/mol. The van der Waals surface area contributed by atoms with Crippen LogP contribution >= 0.6 is 0 Å². The van der Waals surface area contributed by atoms with Crippen LogP contribution in [0.15, 0.2) is 24.3 Å². The van der Waals surface area contributed by atoms with Gasteiger partial charge in [0.1, 0.15) is 6.10 Å². The van der Waals surface area contributed by atoms with Gasteiger partial charge in [-0.1, -0.05) is 82.9 Å². The number of cyclic esters (lactones) is 1. The standard InChI is InChI=1S/C24H42O4/c1-2-3-4-11-15-21(25)16-12-9-7-5-6-8-10-13-17-22(26)20-23-18-14-19-24(27)28-23/h13-14,17,19,21-23,25-26H,2-12,15-16,18,20H2,1H3/b17-13+/t21-,22+,23-/m1/s1. The molecule has 1 aliphatic heterocycles. The van der Waals surface area contributed by atoms with E-state index >= 15 is 0 Å². The van der Waals surface area contributed by atoms with Crippen molar-refractivity contribution >= 4 is 5.97 Å². The van der Waals surface area contributed by atoms with Crippen molar-refractivity contribution in [3.63, 3.8) is 0 Å². The van der Waals surface area contributed by atoms with Crippen LogP contribution in [0.2, 0.25) is 0 Å². The Kier molecular flexibility index (Phi) is 14.9. The first kappa shape index (κ1) is 24.9. The molecular formula is C24H42O4. The van der Waals surface area contributed by atoms with E-state index in [-0.39, 0.29) is 18.2 Å². The normalized spacial score (nSPS) is 19.1. The molecule has 0 bridgehead atoms. The van der Waals surface area contributed by atoms with Crippen LogP contribution in [-0.4, -0.2) is 34.5 Å². The molecule has 2 N–H and O–H groups in total. The van der Waals surface area contributed by atoms with E-state index in [0.717, 1.165) is 32.1 Å². The van der Waals surface area contributed by atoms with Crippen LogP contribution in [0.1, 0.15) is 103 Å². The minimum absolute atomic E-state index is 0.0958. The zero-order valence-electron chi connectivity index (χ0n) is 17.9. The highest BCUT2D eigenvalue weighted by Gasteiger charge is 2.18. The Balaban J connectivity index is 1.88. The lowest BCUT2D eigenvalue weighted by atomic mass is 10.0. The number of hydrogen-bond acceptors (Lipinski definition) is 4. The molecule has 1 heterocycles. The van der Waals surface area contributed by atoms with Crippen molar-refractivity contribution in [2.45, 2.75) is 122 Å².